The second kappa shape index (κ2) is 13.0. The number of allylic oxidation sites excluding steroid dienone is 4. The van der Waals surface area contributed by atoms with Crippen LogP contribution >= 0.6 is 7.83 Å². The molecule has 6 heteroatoms. The molecule has 0 aromatic rings. The zero-order valence-corrected chi connectivity index (χ0v) is 19.7. The smallest absolute Gasteiger partial charge is 0.153 e. The van der Waals surface area contributed by atoms with E-state index in [-0.39, 0.29) is 5.54 Å². The van der Waals surface area contributed by atoms with Crippen molar-refractivity contribution in [3.05, 3.63) is 23.3 Å². The SMILES string of the molecule is [B]P([B])NC(C)(C)CCOC(C)(C)N=C(C)CC/C(C)=C/CC/C(C)=C/C. The van der Waals surface area contributed by atoms with Crippen LogP contribution in [-0.4, -0.2) is 38.7 Å². The Morgan fingerprint density at radius 1 is 1.04 bits per heavy atom. The second-order valence-electron chi connectivity index (χ2n) is 8.52. The van der Waals surface area contributed by atoms with Gasteiger partial charge in [-0.15, -0.1) is 7.83 Å². The lowest BCUT2D eigenvalue weighted by Crippen LogP contribution is -2.38. The van der Waals surface area contributed by atoms with Crippen molar-refractivity contribution in [1.29, 1.82) is 0 Å². The topological polar surface area (TPSA) is 33.6 Å². The predicted octanol–water partition coefficient (Wildman–Crippen LogP) is 6.00. The summed E-state index contributed by atoms with van der Waals surface area (Å²) in [7, 11) is 10.2. The van der Waals surface area contributed by atoms with Gasteiger partial charge >= 0.3 is 0 Å². The number of rotatable bonds is 13. The van der Waals surface area contributed by atoms with E-state index in [0.29, 0.717) is 6.61 Å². The van der Waals surface area contributed by atoms with Crippen LogP contribution in [0.15, 0.2) is 28.3 Å². The highest BCUT2D eigenvalue weighted by atomic mass is 31.1. The maximum Gasteiger partial charge on any atom is 0.153 e. The molecule has 27 heavy (non-hydrogen) atoms. The van der Waals surface area contributed by atoms with Gasteiger partial charge in [0.1, 0.15) is 15.1 Å². The molecule has 0 unspecified atom stereocenters. The molecule has 0 spiro atoms. The van der Waals surface area contributed by atoms with Crippen molar-refractivity contribution in [1.82, 2.24) is 5.09 Å². The highest BCUT2D eigenvalue weighted by Crippen LogP contribution is 2.24. The van der Waals surface area contributed by atoms with E-state index in [4.69, 9.17) is 24.9 Å². The van der Waals surface area contributed by atoms with Crippen LogP contribution < -0.4 is 5.09 Å². The fraction of sp³-hybridized carbons (Fsp3) is 0.762. The van der Waals surface area contributed by atoms with Crippen molar-refractivity contribution in [3.63, 3.8) is 0 Å². The molecule has 0 rings (SSSR count). The van der Waals surface area contributed by atoms with Crippen LogP contribution in [0.3, 0.4) is 0 Å². The summed E-state index contributed by atoms with van der Waals surface area (Å²) >= 11 is 0. The fourth-order valence-corrected chi connectivity index (χ4v) is 3.49. The molecule has 4 radical (unpaired) electrons. The maximum atomic E-state index is 6.01. The quantitative estimate of drug-likeness (QED) is 0.182. The summed E-state index contributed by atoms with van der Waals surface area (Å²) in [5.74, 6) is 0. The van der Waals surface area contributed by atoms with E-state index in [1.807, 2.05) is 13.8 Å². The molecule has 0 saturated carbocycles. The number of aliphatic imine (C=N–C) groups is 1. The zero-order valence-electron chi connectivity index (χ0n) is 18.9. The molecule has 0 heterocycles. The van der Waals surface area contributed by atoms with Gasteiger partial charge in [0, 0.05) is 11.3 Å². The molecule has 0 aromatic heterocycles. The lowest BCUT2D eigenvalue weighted by molar-refractivity contribution is -0.0174. The molecule has 0 fully saturated rings. The van der Waals surface area contributed by atoms with Crippen LogP contribution in [0.5, 0.6) is 0 Å². The van der Waals surface area contributed by atoms with Crippen LogP contribution in [0.2, 0.25) is 0 Å². The highest BCUT2D eigenvalue weighted by Gasteiger charge is 2.21. The third-order valence-corrected chi connectivity index (χ3v) is 5.34. The maximum absolute atomic E-state index is 6.01. The Morgan fingerprint density at radius 2 is 1.67 bits per heavy atom. The van der Waals surface area contributed by atoms with Gasteiger partial charge in [-0.2, -0.15) is 0 Å². The van der Waals surface area contributed by atoms with E-state index in [0.717, 1.165) is 37.8 Å². The van der Waals surface area contributed by atoms with Gasteiger partial charge in [-0.3, -0.25) is 4.99 Å². The number of hydrogen-bond donors (Lipinski definition) is 1. The third kappa shape index (κ3) is 15.3. The standard InChI is InChI=1S/C21H39B2N2OP/c1-9-17(2)11-10-12-18(3)13-14-19(4)24-21(7,8)26-16-15-20(5,6)25-27(22)23/h9,12,25H,10-11,13-16H2,1-8H3/b17-9+,18-12+,24-19?. The third-order valence-electron chi connectivity index (χ3n) is 4.48. The monoisotopic (exact) mass is 388 g/mol. The van der Waals surface area contributed by atoms with Crippen molar-refractivity contribution < 1.29 is 4.74 Å². The summed E-state index contributed by atoms with van der Waals surface area (Å²) in [5.41, 5.74) is 3.35. The van der Waals surface area contributed by atoms with Crippen molar-refractivity contribution in [2.24, 2.45) is 4.99 Å². The Kier molecular flexibility index (Phi) is 12.8. The van der Waals surface area contributed by atoms with Crippen molar-refractivity contribution in [3.8, 4) is 0 Å². The number of nitrogens with zero attached hydrogens (tertiary/aromatic N) is 1. The zero-order chi connectivity index (χ0) is 21.1. The first-order valence-electron chi connectivity index (χ1n) is 9.91. The molecule has 150 valence electrons. The van der Waals surface area contributed by atoms with Gasteiger partial charge in [0.15, 0.2) is 5.72 Å². The summed E-state index contributed by atoms with van der Waals surface area (Å²) in [5, 5.41) is 3.20. The Morgan fingerprint density at radius 3 is 2.22 bits per heavy atom. The minimum absolute atomic E-state index is 0.142. The number of hydrogen-bond acceptors (Lipinski definition) is 3. The Hall–Kier alpha value is -0.370. The molecular weight excluding hydrogens is 349 g/mol. The van der Waals surface area contributed by atoms with Gasteiger partial charge in [-0.1, -0.05) is 23.3 Å². The minimum Gasteiger partial charge on any atom is -0.354 e. The first-order valence-corrected chi connectivity index (χ1v) is 11.4. The molecular formula is C21H39B2N2OP. The number of ether oxygens (including phenoxy) is 1. The molecule has 0 amide bonds. The summed E-state index contributed by atoms with van der Waals surface area (Å²) in [6, 6.07) is 0. The molecule has 0 aromatic carbocycles. The largest absolute Gasteiger partial charge is 0.354 e. The van der Waals surface area contributed by atoms with Crippen LogP contribution in [0.25, 0.3) is 0 Å². The molecule has 0 bridgehead atoms. The van der Waals surface area contributed by atoms with Crippen LogP contribution in [0.1, 0.15) is 87.5 Å². The number of nitrogens with one attached hydrogen (secondary N) is 1. The van der Waals surface area contributed by atoms with Crippen LogP contribution in [0.4, 0.5) is 0 Å². The molecule has 0 saturated heterocycles. The summed E-state index contributed by atoms with van der Waals surface area (Å²) in [6.07, 6.45) is 9.63. The van der Waals surface area contributed by atoms with Gasteiger partial charge in [0.25, 0.3) is 0 Å². The summed E-state index contributed by atoms with van der Waals surface area (Å²) in [4.78, 5) is 4.78. The average molecular weight is 388 g/mol. The van der Waals surface area contributed by atoms with Gasteiger partial charge in [0.2, 0.25) is 0 Å². The first-order chi connectivity index (χ1) is 12.4. The fourth-order valence-electron chi connectivity index (χ4n) is 2.68. The van der Waals surface area contributed by atoms with Gasteiger partial charge in [0.05, 0.1) is 6.61 Å². The van der Waals surface area contributed by atoms with E-state index in [1.165, 1.54) is 11.1 Å². The first kappa shape index (κ1) is 26.6. The van der Waals surface area contributed by atoms with E-state index >= 15 is 0 Å². The van der Waals surface area contributed by atoms with Crippen molar-refractivity contribution in [2.45, 2.75) is 98.8 Å². The molecule has 3 nitrogen and oxygen atoms in total. The van der Waals surface area contributed by atoms with Crippen molar-refractivity contribution >= 4 is 28.7 Å². The minimum atomic E-state index is -1.11. The van der Waals surface area contributed by atoms with Gasteiger partial charge < -0.3 is 9.82 Å². The van der Waals surface area contributed by atoms with Crippen LogP contribution in [-0.2, 0) is 4.74 Å². The molecule has 0 aliphatic rings. The second-order valence-corrected chi connectivity index (χ2v) is 9.56. The van der Waals surface area contributed by atoms with Gasteiger partial charge in [-0.25, -0.2) is 0 Å². The summed E-state index contributed by atoms with van der Waals surface area (Å²) < 4.78 is 6.01. The lowest BCUT2D eigenvalue weighted by atomic mass is 10.0. The van der Waals surface area contributed by atoms with E-state index in [9.17, 15) is 0 Å². The predicted molar refractivity (Wildman–Crippen MR) is 125 cm³/mol. The Labute approximate surface area is 172 Å². The van der Waals surface area contributed by atoms with Crippen molar-refractivity contribution in [2.75, 3.05) is 6.61 Å². The molecule has 0 aliphatic carbocycles. The van der Waals surface area contributed by atoms with Gasteiger partial charge in [-0.05, 0) is 87.5 Å². The van der Waals surface area contributed by atoms with E-state index in [2.05, 4.69) is 58.8 Å². The highest BCUT2D eigenvalue weighted by molar-refractivity contribution is 7.99. The Balaban J connectivity index is 4.39. The Bertz CT molecular complexity index is 526. The van der Waals surface area contributed by atoms with Crippen LogP contribution in [0, 0.1) is 0 Å². The van der Waals surface area contributed by atoms with E-state index in [1.54, 1.807) is 0 Å². The summed E-state index contributed by atoms with van der Waals surface area (Å²) in [6.45, 7) is 17.4. The van der Waals surface area contributed by atoms with E-state index < -0.39 is 13.6 Å². The average Bonchev–Trinajstić information content (AvgIpc) is 2.50. The molecule has 0 atom stereocenters. The molecule has 0 aliphatic heterocycles. The normalized spacial score (nSPS) is 14.9. The molecule has 1 N–H and O–H groups in total. The lowest BCUT2D eigenvalue weighted by Gasteiger charge is -2.31.